The number of carbonyl (C=O) groups is 1. The molecule has 0 aliphatic carbocycles. The average Bonchev–Trinajstić information content (AvgIpc) is 2.47. The third-order valence-corrected chi connectivity index (χ3v) is 2.61. The Balaban J connectivity index is 2.69. The van der Waals surface area contributed by atoms with E-state index in [1.54, 1.807) is 6.92 Å². The molecular formula is C16H23NO4. The van der Waals surface area contributed by atoms with Crippen LogP contribution in [0.2, 0.25) is 0 Å². The van der Waals surface area contributed by atoms with Crippen LogP contribution < -0.4 is 14.8 Å². The Morgan fingerprint density at radius 3 is 2.38 bits per heavy atom. The number of benzene rings is 1. The molecule has 5 nitrogen and oxygen atoms in total. The standard InChI is InChI=1S/C16H23NO4/c1-5-19-14-9-8-13(10-15(14)20-6-2)17-11-12(4)16(18)21-7-3/h8-10,17H,4-7,11H2,1-3H3. The van der Waals surface area contributed by atoms with E-state index in [1.165, 1.54) is 0 Å². The number of ether oxygens (including phenoxy) is 3. The Bertz CT molecular complexity index is 485. The quantitative estimate of drug-likeness (QED) is 0.560. The molecule has 0 bridgehead atoms. The largest absolute Gasteiger partial charge is 0.490 e. The summed E-state index contributed by atoms with van der Waals surface area (Å²) in [4.78, 5) is 11.5. The van der Waals surface area contributed by atoms with Crippen LogP contribution in [0.5, 0.6) is 11.5 Å². The number of rotatable bonds is 9. The highest BCUT2D eigenvalue weighted by molar-refractivity contribution is 5.88. The van der Waals surface area contributed by atoms with Crippen LogP contribution >= 0.6 is 0 Å². The van der Waals surface area contributed by atoms with E-state index in [0.717, 1.165) is 5.69 Å². The lowest BCUT2D eigenvalue weighted by Gasteiger charge is -2.14. The van der Waals surface area contributed by atoms with Crippen molar-refractivity contribution in [2.45, 2.75) is 20.8 Å². The molecule has 0 aromatic heterocycles. The fraction of sp³-hybridized carbons (Fsp3) is 0.438. The maximum atomic E-state index is 11.5. The molecular weight excluding hydrogens is 270 g/mol. The van der Waals surface area contributed by atoms with Gasteiger partial charge in [0, 0.05) is 23.9 Å². The summed E-state index contributed by atoms with van der Waals surface area (Å²) in [6.07, 6.45) is 0. The van der Waals surface area contributed by atoms with E-state index in [1.807, 2.05) is 32.0 Å². The first kappa shape index (κ1) is 16.9. The second-order valence-electron chi connectivity index (χ2n) is 4.21. The van der Waals surface area contributed by atoms with Gasteiger partial charge in [-0.25, -0.2) is 4.79 Å². The van der Waals surface area contributed by atoms with Gasteiger partial charge in [-0.1, -0.05) is 6.58 Å². The lowest BCUT2D eigenvalue weighted by Crippen LogP contribution is -2.14. The predicted molar refractivity (Wildman–Crippen MR) is 83.0 cm³/mol. The van der Waals surface area contributed by atoms with Gasteiger partial charge in [0.25, 0.3) is 0 Å². The Morgan fingerprint density at radius 2 is 1.76 bits per heavy atom. The third-order valence-electron chi connectivity index (χ3n) is 2.61. The van der Waals surface area contributed by atoms with Gasteiger partial charge < -0.3 is 19.5 Å². The van der Waals surface area contributed by atoms with Crippen molar-refractivity contribution in [3.8, 4) is 11.5 Å². The lowest BCUT2D eigenvalue weighted by molar-refractivity contribution is -0.138. The zero-order valence-electron chi connectivity index (χ0n) is 12.9. The Kier molecular flexibility index (Phi) is 7.15. The summed E-state index contributed by atoms with van der Waals surface area (Å²) in [5, 5.41) is 3.12. The first-order chi connectivity index (χ1) is 10.1. The summed E-state index contributed by atoms with van der Waals surface area (Å²) >= 11 is 0. The normalized spacial score (nSPS) is 9.86. The first-order valence-electron chi connectivity index (χ1n) is 7.10. The van der Waals surface area contributed by atoms with Crippen LogP contribution in [0.25, 0.3) is 0 Å². The van der Waals surface area contributed by atoms with Crippen molar-refractivity contribution in [3.05, 3.63) is 30.4 Å². The zero-order valence-corrected chi connectivity index (χ0v) is 12.9. The number of carbonyl (C=O) groups excluding carboxylic acids is 1. The predicted octanol–water partition coefficient (Wildman–Crippen LogP) is 3.02. The molecule has 0 saturated heterocycles. The number of hydrogen-bond donors (Lipinski definition) is 1. The van der Waals surface area contributed by atoms with Crippen molar-refractivity contribution >= 4 is 11.7 Å². The minimum Gasteiger partial charge on any atom is -0.490 e. The molecule has 0 aliphatic heterocycles. The van der Waals surface area contributed by atoms with E-state index >= 15 is 0 Å². The van der Waals surface area contributed by atoms with Gasteiger partial charge in [0.05, 0.1) is 19.8 Å². The molecule has 0 heterocycles. The Morgan fingerprint density at radius 1 is 1.10 bits per heavy atom. The van der Waals surface area contributed by atoms with Gasteiger partial charge in [0.1, 0.15) is 0 Å². The van der Waals surface area contributed by atoms with E-state index < -0.39 is 0 Å². The molecule has 5 heteroatoms. The fourth-order valence-corrected chi connectivity index (χ4v) is 1.68. The molecule has 0 unspecified atom stereocenters. The van der Waals surface area contributed by atoms with Crippen molar-refractivity contribution < 1.29 is 19.0 Å². The zero-order chi connectivity index (χ0) is 15.7. The topological polar surface area (TPSA) is 56.8 Å². The van der Waals surface area contributed by atoms with Gasteiger partial charge in [-0.15, -0.1) is 0 Å². The van der Waals surface area contributed by atoms with E-state index in [9.17, 15) is 4.79 Å². The Labute approximate surface area is 125 Å². The SMILES string of the molecule is C=C(CNc1ccc(OCC)c(OCC)c1)C(=O)OCC. The van der Waals surface area contributed by atoms with Crippen LogP contribution in [0.15, 0.2) is 30.4 Å². The summed E-state index contributed by atoms with van der Waals surface area (Å²) in [5.74, 6) is 0.987. The number of anilines is 1. The highest BCUT2D eigenvalue weighted by Crippen LogP contribution is 2.30. The highest BCUT2D eigenvalue weighted by Gasteiger charge is 2.09. The van der Waals surface area contributed by atoms with Crippen LogP contribution in [-0.2, 0) is 9.53 Å². The van der Waals surface area contributed by atoms with Crippen molar-refractivity contribution in [3.63, 3.8) is 0 Å². The maximum absolute atomic E-state index is 11.5. The maximum Gasteiger partial charge on any atom is 0.335 e. The van der Waals surface area contributed by atoms with E-state index in [4.69, 9.17) is 14.2 Å². The monoisotopic (exact) mass is 293 g/mol. The van der Waals surface area contributed by atoms with E-state index in [2.05, 4.69) is 11.9 Å². The van der Waals surface area contributed by atoms with E-state index in [-0.39, 0.29) is 5.97 Å². The van der Waals surface area contributed by atoms with Gasteiger partial charge >= 0.3 is 5.97 Å². The van der Waals surface area contributed by atoms with Crippen LogP contribution in [0, 0.1) is 0 Å². The van der Waals surface area contributed by atoms with Crippen LogP contribution in [-0.4, -0.2) is 32.3 Å². The van der Waals surface area contributed by atoms with Gasteiger partial charge in [-0.3, -0.25) is 0 Å². The number of esters is 1. The van der Waals surface area contributed by atoms with Crippen molar-refractivity contribution in [1.82, 2.24) is 0 Å². The van der Waals surface area contributed by atoms with Crippen LogP contribution in [0.4, 0.5) is 5.69 Å². The van der Waals surface area contributed by atoms with Crippen LogP contribution in [0.3, 0.4) is 0 Å². The lowest BCUT2D eigenvalue weighted by atomic mass is 10.2. The molecule has 0 spiro atoms. The molecule has 0 atom stereocenters. The molecule has 1 rings (SSSR count). The van der Waals surface area contributed by atoms with E-state index in [0.29, 0.717) is 43.4 Å². The minimum absolute atomic E-state index is 0.318. The molecule has 116 valence electrons. The summed E-state index contributed by atoms with van der Waals surface area (Å²) in [6.45, 7) is 11.1. The molecule has 21 heavy (non-hydrogen) atoms. The summed E-state index contributed by atoms with van der Waals surface area (Å²) in [6, 6.07) is 5.54. The fourth-order valence-electron chi connectivity index (χ4n) is 1.68. The number of hydrogen-bond acceptors (Lipinski definition) is 5. The molecule has 1 aromatic rings. The first-order valence-corrected chi connectivity index (χ1v) is 7.10. The molecule has 0 fully saturated rings. The molecule has 0 aliphatic rings. The molecule has 0 radical (unpaired) electrons. The van der Waals surface area contributed by atoms with Crippen LogP contribution in [0.1, 0.15) is 20.8 Å². The van der Waals surface area contributed by atoms with Crippen molar-refractivity contribution in [2.75, 3.05) is 31.7 Å². The minimum atomic E-state index is -0.388. The molecule has 1 N–H and O–H groups in total. The average molecular weight is 293 g/mol. The third kappa shape index (κ3) is 5.38. The molecule has 1 aromatic carbocycles. The second-order valence-corrected chi connectivity index (χ2v) is 4.21. The summed E-state index contributed by atoms with van der Waals surface area (Å²) in [7, 11) is 0. The summed E-state index contributed by atoms with van der Waals surface area (Å²) < 4.78 is 15.9. The second kappa shape index (κ2) is 8.89. The summed E-state index contributed by atoms with van der Waals surface area (Å²) in [5.41, 5.74) is 1.20. The molecule has 0 saturated carbocycles. The number of nitrogens with one attached hydrogen (secondary N) is 1. The smallest absolute Gasteiger partial charge is 0.335 e. The Hall–Kier alpha value is -2.17. The van der Waals surface area contributed by atoms with Crippen molar-refractivity contribution in [2.24, 2.45) is 0 Å². The van der Waals surface area contributed by atoms with Gasteiger partial charge in [0.2, 0.25) is 0 Å². The van der Waals surface area contributed by atoms with Gasteiger partial charge in [-0.2, -0.15) is 0 Å². The van der Waals surface area contributed by atoms with Gasteiger partial charge in [0.15, 0.2) is 11.5 Å². The van der Waals surface area contributed by atoms with Crippen molar-refractivity contribution in [1.29, 1.82) is 0 Å². The highest BCUT2D eigenvalue weighted by atomic mass is 16.5. The molecule has 0 amide bonds. The van der Waals surface area contributed by atoms with Gasteiger partial charge in [-0.05, 0) is 32.9 Å².